The minimum atomic E-state index is -0.385. The fourth-order valence-corrected chi connectivity index (χ4v) is 4.90. The summed E-state index contributed by atoms with van der Waals surface area (Å²) >= 11 is 6.59. The second kappa shape index (κ2) is 14.7. The number of ether oxygens (including phenoxy) is 1. The van der Waals surface area contributed by atoms with Crippen molar-refractivity contribution in [1.29, 1.82) is 0 Å². The van der Waals surface area contributed by atoms with E-state index in [9.17, 15) is 4.79 Å². The first-order valence-corrected chi connectivity index (χ1v) is 14.1. The fraction of sp³-hybridized carbons (Fsp3) is 0.414. The number of aromatic nitrogens is 6. The van der Waals surface area contributed by atoms with Crippen LogP contribution in [0.15, 0.2) is 48.5 Å². The standard InChI is InChI=1S/C29H37ClN8O2/c1-3-4-12-26-33-27(30)25(19-40-29(39)24(32-2)11-7-8-17-31)38(26)18-20-13-15-21(16-14-20)22-9-5-6-10-23(22)28-34-36-37-35-28/h5-6,9-10,13-16,24,32H,3-4,7-8,11-12,17-19,31H2,1-2H3,(H,34,35,36,37)/t24-/m0/s1. The Kier molecular flexibility index (Phi) is 10.8. The number of nitrogens with zero attached hydrogens (tertiary/aromatic N) is 5. The average molecular weight is 565 g/mol. The molecule has 0 saturated carbocycles. The lowest BCUT2D eigenvalue weighted by Crippen LogP contribution is -2.35. The van der Waals surface area contributed by atoms with Gasteiger partial charge in [-0.3, -0.25) is 4.79 Å². The third-order valence-electron chi connectivity index (χ3n) is 6.91. The maximum Gasteiger partial charge on any atom is 0.323 e. The normalized spacial score (nSPS) is 12.0. The van der Waals surface area contributed by atoms with E-state index < -0.39 is 0 Å². The van der Waals surface area contributed by atoms with Gasteiger partial charge in [0.2, 0.25) is 5.82 Å². The smallest absolute Gasteiger partial charge is 0.323 e. The van der Waals surface area contributed by atoms with Crippen LogP contribution in [0.2, 0.25) is 5.15 Å². The number of likely N-dealkylation sites (N-methyl/N-ethyl adjacent to an activating group) is 1. The average Bonchev–Trinajstić information content (AvgIpc) is 3.62. The number of H-pyrrole nitrogens is 1. The van der Waals surface area contributed by atoms with Crippen LogP contribution in [0.4, 0.5) is 0 Å². The number of halogens is 1. The van der Waals surface area contributed by atoms with Gasteiger partial charge in [0.15, 0.2) is 5.15 Å². The molecule has 4 rings (SSSR count). The highest BCUT2D eigenvalue weighted by Gasteiger charge is 2.21. The van der Waals surface area contributed by atoms with Gasteiger partial charge in [-0.25, -0.2) is 4.98 Å². The summed E-state index contributed by atoms with van der Waals surface area (Å²) in [6.45, 7) is 3.37. The van der Waals surface area contributed by atoms with Crippen LogP contribution < -0.4 is 11.1 Å². The van der Waals surface area contributed by atoms with E-state index in [1.54, 1.807) is 7.05 Å². The molecule has 4 N–H and O–H groups in total. The summed E-state index contributed by atoms with van der Waals surface area (Å²) in [5.41, 5.74) is 10.3. The molecule has 0 unspecified atom stereocenters. The highest BCUT2D eigenvalue weighted by Crippen LogP contribution is 2.30. The van der Waals surface area contributed by atoms with Gasteiger partial charge < -0.3 is 20.4 Å². The Labute approximate surface area is 239 Å². The summed E-state index contributed by atoms with van der Waals surface area (Å²) in [6, 6.07) is 15.9. The number of benzene rings is 2. The van der Waals surface area contributed by atoms with Gasteiger partial charge in [-0.2, -0.15) is 5.21 Å². The molecule has 0 amide bonds. The molecule has 0 saturated heterocycles. The number of hydrogen-bond donors (Lipinski definition) is 3. The molecule has 0 aliphatic heterocycles. The van der Waals surface area contributed by atoms with E-state index in [-0.39, 0.29) is 18.6 Å². The Bertz CT molecular complexity index is 1360. The SMILES string of the molecule is CCCCc1nc(Cl)c(COC(=O)[C@H](CCCCN)NC)n1Cc1ccc(-c2ccccc2-c2nn[nH]n2)cc1. The zero-order valence-electron chi connectivity index (χ0n) is 23.1. The van der Waals surface area contributed by atoms with Crippen LogP contribution in [-0.4, -0.2) is 55.8 Å². The Balaban J connectivity index is 1.53. The molecule has 0 aliphatic rings. The van der Waals surface area contributed by atoms with Crippen LogP contribution in [-0.2, 0) is 29.1 Å². The lowest BCUT2D eigenvalue weighted by atomic mass is 9.98. The number of imidazole rings is 1. The molecule has 10 nitrogen and oxygen atoms in total. The van der Waals surface area contributed by atoms with E-state index in [0.29, 0.717) is 36.2 Å². The third kappa shape index (κ3) is 7.32. The van der Waals surface area contributed by atoms with E-state index in [0.717, 1.165) is 60.2 Å². The molecule has 2 aromatic carbocycles. The summed E-state index contributed by atoms with van der Waals surface area (Å²) < 4.78 is 7.80. The minimum Gasteiger partial charge on any atom is -0.458 e. The monoisotopic (exact) mass is 564 g/mol. The zero-order chi connectivity index (χ0) is 28.3. The third-order valence-corrected chi connectivity index (χ3v) is 7.21. The first-order chi connectivity index (χ1) is 19.5. The lowest BCUT2D eigenvalue weighted by Gasteiger charge is -2.17. The van der Waals surface area contributed by atoms with E-state index in [4.69, 9.17) is 22.1 Å². The van der Waals surface area contributed by atoms with Crippen LogP contribution in [0, 0.1) is 0 Å². The fourth-order valence-electron chi connectivity index (χ4n) is 4.65. The van der Waals surface area contributed by atoms with Crippen molar-refractivity contribution in [3.8, 4) is 22.5 Å². The van der Waals surface area contributed by atoms with Crippen molar-refractivity contribution in [2.24, 2.45) is 5.73 Å². The molecule has 0 bridgehead atoms. The van der Waals surface area contributed by atoms with Crippen LogP contribution in [0.25, 0.3) is 22.5 Å². The van der Waals surface area contributed by atoms with Crippen molar-refractivity contribution in [3.63, 3.8) is 0 Å². The second-order valence-electron chi connectivity index (χ2n) is 9.67. The number of rotatable bonds is 15. The van der Waals surface area contributed by atoms with Crippen LogP contribution in [0.1, 0.15) is 56.1 Å². The van der Waals surface area contributed by atoms with E-state index in [2.05, 4.69) is 66.7 Å². The zero-order valence-corrected chi connectivity index (χ0v) is 23.8. The van der Waals surface area contributed by atoms with Crippen molar-refractivity contribution in [1.82, 2.24) is 35.5 Å². The van der Waals surface area contributed by atoms with Gasteiger partial charge in [0.1, 0.15) is 18.5 Å². The molecule has 0 spiro atoms. The maximum absolute atomic E-state index is 12.8. The van der Waals surface area contributed by atoms with E-state index in [1.165, 1.54) is 0 Å². The van der Waals surface area contributed by atoms with Gasteiger partial charge in [0, 0.05) is 18.5 Å². The molecule has 2 aromatic heterocycles. The number of hydrogen-bond acceptors (Lipinski definition) is 8. The minimum absolute atomic E-state index is 0.0576. The number of carbonyl (C=O) groups excluding carboxylic acids is 1. The van der Waals surface area contributed by atoms with E-state index in [1.807, 2.05) is 24.3 Å². The van der Waals surface area contributed by atoms with Crippen molar-refractivity contribution >= 4 is 17.6 Å². The quantitative estimate of drug-likeness (QED) is 0.141. The Hall–Kier alpha value is -3.60. The number of aryl methyl sites for hydroxylation is 1. The Morgan fingerprint density at radius 2 is 1.90 bits per heavy atom. The van der Waals surface area contributed by atoms with Gasteiger partial charge in [-0.15, -0.1) is 10.2 Å². The summed E-state index contributed by atoms with van der Waals surface area (Å²) in [5.74, 6) is 1.13. The molecule has 0 fully saturated rings. The second-order valence-corrected chi connectivity index (χ2v) is 10.0. The number of aromatic amines is 1. The first-order valence-electron chi connectivity index (χ1n) is 13.8. The van der Waals surface area contributed by atoms with Gasteiger partial charge in [-0.1, -0.05) is 79.9 Å². The summed E-state index contributed by atoms with van der Waals surface area (Å²) in [5, 5.41) is 17.9. The summed E-state index contributed by atoms with van der Waals surface area (Å²) in [6.07, 6.45) is 5.21. The lowest BCUT2D eigenvalue weighted by molar-refractivity contribution is -0.147. The predicted octanol–water partition coefficient (Wildman–Crippen LogP) is 4.53. The number of unbranched alkanes of at least 4 members (excludes halogenated alkanes) is 2. The number of tetrazole rings is 1. The summed E-state index contributed by atoms with van der Waals surface area (Å²) in [4.78, 5) is 17.4. The van der Waals surface area contributed by atoms with Crippen LogP contribution >= 0.6 is 11.6 Å². The van der Waals surface area contributed by atoms with Crippen molar-refractivity contribution in [3.05, 3.63) is 70.8 Å². The number of esters is 1. The number of nitrogens with two attached hydrogens (primary N) is 1. The van der Waals surface area contributed by atoms with Gasteiger partial charge in [-0.05, 0) is 54.8 Å². The molecule has 11 heteroatoms. The number of nitrogens with one attached hydrogen (secondary N) is 2. The molecule has 2 heterocycles. The molecule has 4 aromatic rings. The first kappa shape index (κ1) is 29.4. The molecule has 40 heavy (non-hydrogen) atoms. The van der Waals surface area contributed by atoms with Crippen molar-refractivity contribution in [2.45, 2.75) is 64.6 Å². The molecular weight excluding hydrogens is 528 g/mol. The van der Waals surface area contributed by atoms with Gasteiger partial charge in [0.05, 0.1) is 5.69 Å². The predicted molar refractivity (Wildman–Crippen MR) is 156 cm³/mol. The van der Waals surface area contributed by atoms with Crippen molar-refractivity contribution in [2.75, 3.05) is 13.6 Å². The van der Waals surface area contributed by atoms with Gasteiger partial charge in [0.25, 0.3) is 0 Å². The maximum atomic E-state index is 12.8. The molecule has 0 radical (unpaired) electrons. The Morgan fingerprint density at radius 1 is 1.12 bits per heavy atom. The summed E-state index contributed by atoms with van der Waals surface area (Å²) in [7, 11) is 1.76. The molecule has 0 aliphatic carbocycles. The highest BCUT2D eigenvalue weighted by molar-refractivity contribution is 6.30. The molecule has 1 atom stereocenters. The highest BCUT2D eigenvalue weighted by atomic mass is 35.5. The van der Waals surface area contributed by atoms with Crippen molar-refractivity contribution < 1.29 is 9.53 Å². The van der Waals surface area contributed by atoms with Crippen LogP contribution in [0.5, 0.6) is 0 Å². The topological polar surface area (TPSA) is 137 Å². The number of carbonyl (C=O) groups is 1. The molecule has 212 valence electrons. The largest absolute Gasteiger partial charge is 0.458 e. The van der Waals surface area contributed by atoms with Gasteiger partial charge >= 0.3 is 5.97 Å². The van der Waals surface area contributed by atoms with E-state index >= 15 is 0 Å². The Morgan fingerprint density at radius 3 is 2.58 bits per heavy atom. The molecular formula is C29H37ClN8O2. The van der Waals surface area contributed by atoms with Crippen LogP contribution in [0.3, 0.4) is 0 Å².